The molecule has 0 radical (unpaired) electrons. The third-order valence-corrected chi connectivity index (χ3v) is 4.68. The second kappa shape index (κ2) is 11.2. The molecule has 2 atom stereocenters. The maximum absolute atomic E-state index is 5.38. The summed E-state index contributed by atoms with van der Waals surface area (Å²) < 4.78 is 29.8. The van der Waals surface area contributed by atoms with Gasteiger partial charge >= 0.3 is 0 Å². The summed E-state index contributed by atoms with van der Waals surface area (Å²) in [5.41, 5.74) is 0. The average Bonchev–Trinajstić information content (AvgIpc) is 3.11. The predicted octanol–water partition coefficient (Wildman–Crippen LogP) is 1.70. The van der Waals surface area contributed by atoms with Crippen LogP contribution in [0.4, 0.5) is 0 Å². The van der Waals surface area contributed by atoms with Gasteiger partial charge in [-0.3, -0.25) is 0 Å². The minimum Gasteiger partial charge on any atom is -0.333 e. The van der Waals surface area contributed by atoms with E-state index in [4.69, 9.17) is 23.7 Å². The van der Waals surface area contributed by atoms with Gasteiger partial charge in [0.1, 0.15) is 0 Å². The van der Waals surface area contributed by atoms with Crippen molar-refractivity contribution in [3.63, 3.8) is 0 Å². The first-order valence-electron chi connectivity index (χ1n) is 6.10. The minimum absolute atomic E-state index is 0.194. The highest BCUT2D eigenvalue weighted by Gasteiger charge is 2.25. The molecule has 0 aromatic rings. The number of ether oxygens (including phenoxy) is 6. The zero-order chi connectivity index (χ0) is 13.9. The maximum atomic E-state index is 5.38. The lowest BCUT2D eigenvalue weighted by Crippen LogP contribution is -2.15. The molecule has 19 heavy (non-hydrogen) atoms. The molecule has 0 spiro atoms. The Balaban J connectivity index is 0.000000218. The Bertz CT molecular complexity index is 215. The standard InChI is InChI=1S/C7H14O3S2.C4H8O3/c1-3-11-12-5-6-4-9-7(8-2)10-6;1-5-4-6-2-3-7-4/h6-7H,3-5H2,1-2H3;4H,2-3H2,1H3. The fraction of sp³-hybridized carbons (Fsp3) is 1.00. The van der Waals surface area contributed by atoms with Gasteiger partial charge in [0.15, 0.2) is 0 Å². The fourth-order valence-electron chi connectivity index (χ4n) is 1.31. The van der Waals surface area contributed by atoms with Crippen LogP contribution >= 0.6 is 21.6 Å². The van der Waals surface area contributed by atoms with E-state index in [2.05, 4.69) is 11.7 Å². The molecular formula is C11H22O6S2. The second-order valence-corrected chi connectivity index (χ2v) is 6.37. The van der Waals surface area contributed by atoms with E-state index in [9.17, 15) is 0 Å². The van der Waals surface area contributed by atoms with Gasteiger partial charge < -0.3 is 28.4 Å². The second-order valence-electron chi connectivity index (χ2n) is 3.57. The summed E-state index contributed by atoms with van der Waals surface area (Å²) in [6.07, 6.45) is 0.194. The molecule has 0 N–H and O–H groups in total. The van der Waals surface area contributed by atoms with E-state index in [1.54, 1.807) is 14.2 Å². The van der Waals surface area contributed by atoms with E-state index < -0.39 is 13.0 Å². The van der Waals surface area contributed by atoms with Gasteiger partial charge in [-0.25, -0.2) is 0 Å². The molecule has 114 valence electrons. The van der Waals surface area contributed by atoms with E-state index in [0.717, 1.165) is 11.5 Å². The van der Waals surface area contributed by atoms with Crippen LogP contribution in [-0.2, 0) is 28.4 Å². The third-order valence-electron chi connectivity index (χ3n) is 2.15. The Hall–Kier alpha value is 0.460. The molecule has 0 bridgehead atoms. The highest BCUT2D eigenvalue weighted by atomic mass is 33.1. The van der Waals surface area contributed by atoms with E-state index in [0.29, 0.717) is 19.8 Å². The Kier molecular flexibility index (Phi) is 10.3. The van der Waals surface area contributed by atoms with Crippen LogP contribution in [0.25, 0.3) is 0 Å². The molecule has 2 aliphatic rings. The van der Waals surface area contributed by atoms with Crippen LogP contribution in [0, 0.1) is 0 Å². The number of hydrogen-bond acceptors (Lipinski definition) is 8. The molecule has 2 rings (SSSR count). The fourth-order valence-corrected chi connectivity index (χ4v) is 3.15. The third kappa shape index (κ3) is 7.72. The molecule has 0 aromatic carbocycles. The highest BCUT2D eigenvalue weighted by molar-refractivity contribution is 8.76. The van der Waals surface area contributed by atoms with Crippen LogP contribution in [0.1, 0.15) is 6.92 Å². The number of rotatable bonds is 6. The number of methoxy groups -OCH3 is 2. The molecule has 0 aliphatic carbocycles. The van der Waals surface area contributed by atoms with Crippen molar-refractivity contribution in [2.45, 2.75) is 26.0 Å². The van der Waals surface area contributed by atoms with Gasteiger partial charge in [-0.2, -0.15) is 0 Å². The van der Waals surface area contributed by atoms with Gasteiger partial charge in [0, 0.05) is 25.7 Å². The first-order chi connectivity index (χ1) is 9.30. The Labute approximate surface area is 122 Å². The van der Waals surface area contributed by atoms with Crippen LogP contribution in [0.5, 0.6) is 0 Å². The molecule has 2 aliphatic heterocycles. The van der Waals surface area contributed by atoms with Crippen LogP contribution in [0.2, 0.25) is 0 Å². The van der Waals surface area contributed by atoms with Crippen molar-refractivity contribution in [2.75, 3.05) is 45.5 Å². The summed E-state index contributed by atoms with van der Waals surface area (Å²) in [6.45, 7) is 3.25. The Morgan fingerprint density at radius 1 is 1.00 bits per heavy atom. The van der Waals surface area contributed by atoms with Crippen molar-refractivity contribution in [1.29, 1.82) is 0 Å². The van der Waals surface area contributed by atoms with Crippen molar-refractivity contribution < 1.29 is 28.4 Å². The molecule has 2 fully saturated rings. The van der Waals surface area contributed by atoms with Crippen LogP contribution in [-0.4, -0.2) is 64.6 Å². The smallest absolute Gasteiger partial charge is 0.271 e. The zero-order valence-corrected chi connectivity index (χ0v) is 13.2. The molecule has 0 saturated carbocycles. The average molecular weight is 314 g/mol. The largest absolute Gasteiger partial charge is 0.333 e. The number of hydrogen-bond donors (Lipinski definition) is 0. The Morgan fingerprint density at radius 2 is 1.68 bits per heavy atom. The van der Waals surface area contributed by atoms with Crippen LogP contribution in [0.3, 0.4) is 0 Å². The van der Waals surface area contributed by atoms with Crippen molar-refractivity contribution in [1.82, 2.24) is 0 Å². The molecule has 2 heterocycles. The van der Waals surface area contributed by atoms with Crippen LogP contribution < -0.4 is 0 Å². The lowest BCUT2D eigenvalue weighted by molar-refractivity contribution is -0.221. The normalized spacial score (nSPS) is 27.3. The van der Waals surface area contributed by atoms with E-state index >= 15 is 0 Å². The van der Waals surface area contributed by atoms with Gasteiger partial charge in [0.25, 0.3) is 13.0 Å². The predicted molar refractivity (Wildman–Crippen MR) is 74.9 cm³/mol. The summed E-state index contributed by atoms with van der Waals surface area (Å²) in [6, 6.07) is 0. The van der Waals surface area contributed by atoms with E-state index in [1.807, 2.05) is 21.6 Å². The van der Waals surface area contributed by atoms with E-state index in [-0.39, 0.29) is 6.10 Å². The topological polar surface area (TPSA) is 55.4 Å². The van der Waals surface area contributed by atoms with Gasteiger partial charge in [0.05, 0.1) is 25.9 Å². The van der Waals surface area contributed by atoms with Crippen LogP contribution in [0.15, 0.2) is 0 Å². The minimum atomic E-state index is -0.442. The first-order valence-corrected chi connectivity index (χ1v) is 8.59. The summed E-state index contributed by atoms with van der Waals surface area (Å²) >= 11 is 0. The lowest BCUT2D eigenvalue weighted by atomic mass is 10.4. The SMILES string of the molecule is CCSSCC1COC(OC)O1.COC1OCCO1. The van der Waals surface area contributed by atoms with Gasteiger partial charge in [0.2, 0.25) is 0 Å². The van der Waals surface area contributed by atoms with Gasteiger partial charge in [-0.05, 0) is 0 Å². The van der Waals surface area contributed by atoms with Crippen molar-refractivity contribution in [2.24, 2.45) is 0 Å². The summed E-state index contributed by atoms with van der Waals surface area (Å²) in [5, 5.41) is 0. The first kappa shape index (κ1) is 17.5. The summed E-state index contributed by atoms with van der Waals surface area (Å²) in [5.74, 6) is 2.10. The molecule has 2 unspecified atom stereocenters. The highest BCUT2D eigenvalue weighted by Crippen LogP contribution is 2.24. The molecule has 8 heteroatoms. The monoisotopic (exact) mass is 314 g/mol. The van der Waals surface area contributed by atoms with Crippen molar-refractivity contribution in [3.05, 3.63) is 0 Å². The molecule has 6 nitrogen and oxygen atoms in total. The van der Waals surface area contributed by atoms with Gasteiger partial charge in [-0.15, -0.1) is 0 Å². The Morgan fingerprint density at radius 3 is 2.16 bits per heavy atom. The lowest BCUT2D eigenvalue weighted by Gasteiger charge is -2.08. The molecule has 2 saturated heterocycles. The maximum Gasteiger partial charge on any atom is 0.271 e. The summed E-state index contributed by atoms with van der Waals surface area (Å²) in [7, 11) is 6.80. The molecule has 0 aromatic heterocycles. The summed E-state index contributed by atoms with van der Waals surface area (Å²) in [4.78, 5) is 0. The van der Waals surface area contributed by atoms with Crippen molar-refractivity contribution in [3.8, 4) is 0 Å². The quantitative estimate of drug-likeness (QED) is 0.542. The molecule has 0 amide bonds. The van der Waals surface area contributed by atoms with Gasteiger partial charge in [-0.1, -0.05) is 28.5 Å². The van der Waals surface area contributed by atoms with Crippen molar-refractivity contribution >= 4 is 21.6 Å². The van der Waals surface area contributed by atoms with E-state index in [1.165, 1.54) is 0 Å². The zero-order valence-electron chi connectivity index (χ0n) is 11.5. The molecular weight excluding hydrogens is 292 g/mol.